The number of amides is 2. The SMILES string of the molecule is CC(=O)N1CCN(CC(=O)Nc2cc(-c3nccs3)nc(-c3ccc(C)o3)n2)CC1. The average Bonchev–Trinajstić information content (AvgIpc) is 3.40. The number of aryl methyl sites for hydroxylation is 1. The Bertz CT molecular complexity index is 1040. The summed E-state index contributed by atoms with van der Waals surface area (Å²) >= 11 is 1.46. The molecule has 4 heterocycles. The molecule has 0 aliphatic carbocycles. The second-order valence-electron chi connectivity index (χ2n) is 7.04. The minimum Gasteiger partial charge on any atom is -0.458 e. The Morgan fingerprint density at radius 3 is 2.63 bits per heavy atom. The van der Waals surface area contributed by atoms with Crippen molar-refractivity contribution < 1.29 is 14.0 Å². The summed E-state index contributed by atoms with van der Waals surface area (Å²) in [6.45, 7) is 6.24. The van der Waals surface area contributed by atoms with E-state index in [4.69, 9.17) is 4.42 Å². The monoisotopic (exact) mass is 426 g/mol. The molecule has 0 spiro atoms. The number of thiazole rings is 1. The third-order valence-corrected chi connectivity index (χ3v) is 5.59. The van der Waals surface area contributed by atoms with E-state index in [-0.39, 0.29) is 18.4 Å². The molecule has 30 heavy (non-hydrogen) atoms. The molecule has 10 heteroatoms. The van der Waals surface area contributed by atoms with Crippen LogP contribution in [0.5, 0.6) is 0 Å². The maximum absolute atomic E-state index is 12.6. The topological polar surface area (TPSA) is 104 Å². The predicted molar refractivity (Wildman–Crippen MR) is 113 cm³/mol. The van der Waals surface area contributed by atoms with Crippen molar-refractivity contribution in [1.82, 2.24) is 24.8 Å². The third kappa shape index (κ3) is 4.71. The molecular formula is C20H22N6O3S. The number of anilines is 1. The number of furan rings is 1. The molecule has 3 aromatic heterocycles. The molecule has 1 fully saturated rings. The van der Waals surface area contributed by atoms with Crippen LogP contribution in [0.25, 0.3) is 22.3 Å². The average molecular weight is 427 g/mol. The van der Waals surface area contributed by atoms with Gasteiger partial charge in [-0.2, -0.15) is 0 Å². The van der Waals surface area contributed by atoms with Crippen LogP contribution in [0.3, 0.4) is 0 Å². The predicted octanol–water partition coefficient (Wildman–Crippen LogP) is 2.27. The van der Waals surface area contributed by atoms with Crippen LogP contribution >= 0.6 is 11.3 Å². The molecule has 4 rings (SSSR count). The summed E-state index contributed by atoms with van der Waals surface area (Å²) in [5, 5.41) is 5.47. The Morgan fingerprint density at radius 1 is 1.20 bits per heavy atom. The van der Waals surface area contributed by atoms with Crippen molar-refractivity contribution in [1.29, 1.82) is 0 Å². The standard InChI is InChI=1S/C20H22N6O3S/c1-13-3-4-16(29-13)19-22-15(20-21-5-10-30-20)11-17(24-19)23-18(28)12-25-6-8-26(9-7-25)14(2)27/h3-5,10-11H,6-9,12H2,1-2H3,(H,22,23,24,28). The van der Waals surface area contributed by atoms with E-state index in [2.05, 4.69) is 20.3 Å². The highest BCUT2D eigenvalue weighted by atomic mass is 32.1. The second-order valence-corrected chi connectivity index (χ2v) is 7.93. The molecule has 2 amide bonds. The summed E-state index contributed by atoms with van der Waals surface area (Å²) in [7, 11) is 0. The normalized spacial score (nSPS) is 14.7. The van der Waals surface area contributed by atoms with Crippen LogP contribution < -0.4 is 5.32 Å². The van der Waals surface area contributed by atoms with E-state index in [9.17, 15) is 9.59 Å². The number of nitrogens with one attached hydrogen (secondary N) is 1. The first-order chi connectivity index (χ1) is 14.5. The van der Waals surface area contributed by atoms with Gasteiger partial charge in [0.2, 0.25) is 11.8 Å². The summed E-state index contributed by atoms with van der Waals surface area (Å²) in [5.74, 6) is 1.96. The van der Waals surface area contributed by atoms with Crippen LogP contribution in [0.4, 0.5) is 5.82 Å². The molecule has 0 aromatic carbocycles. The van der Waals surface area contributed by atoms with Gasteiger partial charge in [-0.05, 0) is 19.1 Å². The zero-order valence-corrected chi connectivity index (χ0v) is 17.6. The van der Waals surface area contributed by atoms with Crippen LogP contribution in [0.15, 0.2) is 34.2 Å². The summed E-state index contributed by atoms with van der Waals surface area (Å²) in [6.07, 6.45) is 1.71. The van der Waals surface area contributed by atoms with Gasteiger partial charge in [-0.25, -0.2) is 15.0 Å². The smallest absolute Gasteiger partial charge is 0.239 e. The molecule has 0 unspecified atom stereocenters. The van der Waals surface area contributed by atoms with Gasteiger partial charge in [-0.1, -0.05) is 0 Å². The Balaban J connectivity index is 1.49. The lowest BCUT2D eigenvalue weighted by atomic mass is 10.3. The lowest BCUT2D eigenvalue weighted by Gasteiger charge is -2.33. The van der Waals surface area contributed by atoms with Gasteiger partial charge in [0.05, 0.1) is 6.54 Å². The number of carbonyl (C=O) groups excluding carboxylic acids is 2. The van der Waals surface area contributed by atoms with Crippen molar-refractivity contribution in [2.45, 2.75) is 13.8 Å². The molecular weight excluding hydrogens is 404 g/mol. The molecule has 1 N–H and O–H groups in total. The van der Waals surface area contributed by atoms with E-state index < -0.39 is 0 Å². The zero-order chi connectivity index (χ0) is 21.1. The van der Waals surface area contributed by atoms with Gasteiger partial charge in [0, 0.05) is 50.7 Å². The van der Waals surface area contributed by atoms with Crippen molar-refractivity contribution in [3.63, 3.8) is 0 Å². The van der Waals surface area contributed by atoms with Crippen LogP contribution in [-0.2, 0) is 9.59 Å². The van der Waals surface area contributed by atoms with Gasteiger partial charge in [0.25, 0.3) is 0 Å². The van der Waals surface area contributed by atoms with Crippen molar-refractivity contribution >= 4 is 29.0 Å². The van der Waals surface area contributed by atoms with Gasteiger partial charge in [0.15, 0.2) is 11.6 Å². The fraction of sp³-hybridized carbons (Fsp3) is 0.350. The first kappa shape index (κ1) is 20.2. The van der Waals surface area contributed by atoms with E-state index in [1.165, 1.54) is 11.3 Å². The van der Waals surface area contributed by atoms with Crippen LogP contribution in [0, 0.1) is 6.92 Å². The van der Waals surface area contributed by atoms with Gasteiger partial charge < -0.3 is 14.6 Å². The van der Waals surface area contributed by atoms with E-state index in [1.54, 1.807) is 30.2 Å². The van der Waals surface area contributed by atoms with Crippen molar-refractivity contribution in [2.75, 3.05) is 38.0 Å². The van der Waals surface area contributed by atoms with Gasteiger partial charge in [-0.3, -0.25) is 14.5 Å². The maximum atomic E-state index is 12.6. The number of aromatic nitrogens is 3. The number of carbonyl (C=O) groups is 2. The number of rotatable bonds is 5. The highest BCUT2D eigenvalue weighted by Crippen LogP contribution is 2.26. The first-order valence-corrected chi connectivity index (χ1v) is 10.5. The highest BCUT2D eigenvalue weighted by Gasteiger charge is 2.21. The first-order valence-electron chi connectivity index (χ1n) is 9.61. The Hall–Kier alpha value is -3.11. The van der Waals surface area contributed by atoms with Crippen molar-refractivity contribution in [3.8, 4) is 22.3 Å². The lowest BCUT2D eigenvalue weighted by molar-refractivity contribution is -0.130. The van der Waals surface area contributed by atoms with Gasteiger partial charge in [-0.15, -0.1) is 11.3 Å². The lowest BCUT2D eigenvalue weighted by Crippen LogP contribution is -2.49. The molecule has 1 saturated heterocycles. The Kier molecular flexibility index (Phi) is 5.86. The summed E-state index contributed by atoms with van der Waals surface area (Å²) in [4.78, 5) is 41.2. The molecule has 0 atom stereocenters. The fourth-order valence-electron chi connectivity index (χ4n) is 3.24. The van der Waals surface area contributed by atoms with E-state index in [0.29, 0.717) is 49.3 Å². The molecule has 1 aliphatic heterocycles. The number of hydrogen-bond acceptors (Lipinski definition) is 8. The Labute approximate surface area is 177 Å². The van der Waals surface area contributed by atoms with Gasteiger partial charge in [0.1, 0.15) is 22.3 Å². The van der Waals surface area contributed by atoms with Crippen LogP contribution in [0.1, 0.15) is 12.7 Å². The minimum absolute atomic E-state index is 0.0653. The Morgan fingerprint density at radius 2 is 2.00 bits per heavy atom. The zero-order valence-electron chi connectivity index (χ0n) is 16.8. The quantitative estimate of drug-likeness (QED) is 0.667. The molecule has 0 radical (unpaired) electrons. The van der Waals surface area contributed by atoms with E-state index >= 15 is 0 Å². The molecule has 156 valence electrons. The molecule has 0 bridgehead atoms. The van der Waals surface area contributed by atoms with E-state index in [1.807, 2.05) is 23.3 Å². The van der Waals surface area contributed by atoms with Crippen molar-refractivity contribution in [2.24, 2.45) is 0 Å². The summed E-state index contributed by atoms with van der Waals surface area (Å²) in [6, 6.07) is 5.35. The number of piperazine rings is 1. The number of hydrogen-bond donors (Lipinski definition) is 1. The van der Waals surface area contributed by atoms with Gasteiger partial charge >= 0.3 is 0 Å². The second kappa shape index (κ2) is 8.72. The minimum atomic E-state index is -0.170. The molecule has 1 aliphatic rings. The summed E-state index contributed by atoms with van der Waals surface area (Å²) < 4.78 is 5.66. The maximum Gasteiger partial charge on any atom is 0.239 e. The van der Waals surface area contributed by atoms with Crippen LogP contribution in [0.2, 0.25) is 0 Å². The molecule has 0 saturated carbocycles. The largest absolute Gasteiger partial charge is 0.458 e. The molecule has 3 aromatic rings. The highest BCUT2D eigenvalue weighted by molar-refractivity contribution is 7.13. The van der Waals surface area contributed by atoms with Crippen LogP contribution in [-0.4, -0.2) is 69.3 Å². The fourth-order valence-corrected chi connectivity index (χ4v) is 3.84. The van der Waals surface area contributed by atoms with E-state index in [0.717, 1.165) is 10.8 Å². The van der Waals surface area contributed by atoms with Crippen molar-refractivity contribution in [3.05, 3.63) is 35.5 Å². The molecule has 9 nitrogen and oxygen atoms in total. The number of nitrogens with zero attached hydrogens (tertiary/aromatic N) is 5. The third-order valence-electron chi connectivity index (χ3n) is 4.79. The summed E-state index contributed by atoms with van der Waals surface area (Å²) in [5.41, 5.74) is 0.620.